The maximum absolute atomic E-state index is 6.03. The highest BCUT2D eigenvalue weighted by Gasteiger charge is 2.31. The number of hydrogen-bond donors (Lipinski definition) is 1. The van der Waals surface area contributed by atoms with Crippen LogP contribution < -0.4 is 10.5 Å². The molecule has 1 aliphatic rings. The molecule has 0 saturated heterocycles. The van der Waals surface area contributed by atoms with Crippen LogP contribution in [0.4, 0.5) is 0 Å². The van der Waals surface area contributed by atoms with E-state index in [1.165, 1.54) is 12.8 Å². The van der Waals surface area contributed by atoms with Crippen LogP contribution >= 0.6 is 24.8 Å². The molecule has 3 nitrogen and oxygen atoms in total. The van der Waals surface area contributed by atoms with E-state index in [9.17, 15) is 0 Å². The Hall–Kier alpha value is -0.510. The number of rotatable bonds is 3. The predicted octanol–water partition coefficient (Wildman–Crippen LogP) is 2.34. The quantitative estimate of drug-likeness (QED) is 0.896. The molecule has 1 heterocycles. The van der Waals surface area contributed by atoms with Crippen LogP contribution in [0.2, 0.25) is 0 Å². The number of aromatic nitrogens is 1. The van der Waals surface area contributed by atoms with Crippen molar-refractivity contribution < 1.29 is 4.74 Å². The van der Waals surface area contributed by atoms with E-state index in [4.69, 9.17) is 10.5 Å². The van der Waals surface area contributed by atoms with Crippen LogP contribution in [-0.2, 0) is 0 Å². The molecule has 0 aliphatic heterocycles. The number of nitrogens with zero attached hydrogens (tertiary/aromatic N) is 1. The summed E-state index contributed by atoms with van der Waals surface area (Å²) >= 11 is 0. The lowest BCUT2D eigenvalue weighted by molar-refractivity contribution is 0.398. The molecule has 2 rings (SSSR count). The van der Waals surface area contributed by atoms with Crippen molar-refractivity contribution in [2.24, 2.45) is 11.7 Å². The summed E-state index contributed by atoms with van der Waals surface area (Å²) in [5.74, 6) is 1.42. The van der Waals surface area contributed by atoms with Crippen molar-refractivity contribution in [1.82, 2.24) is 4.98 Å². The van der Waals surface area contributed by atoms with Gasteiger partial charge in [-0.3, -0.25) is 4.98 Å². The van der Waals surface area contributed by atoms with Gasteiger partial charge in [0.1, 0.15) is 5.75 Å². The molecule has 1 atom stereocenters. The van der Waals surface area contributed by atoms with E-state index in [-0.39, 0.29) is 30.9 Å². The Morgan fingerprint density at radius 1 is 1.47 bits per heavy atom. The highest BCUT2D eigenvalue weighted by molar-refractivity contribution is 5.85. The maximum Gasteiger partial charge on any atom is 0.141 e. The van der Waals surface area contributed by atoms with Crippen molar-refractivity contribution in [2.75, 3.05) is 7.11 Å². The van der Waals surface area contributed by atoms with Gasteiger partial charge in [0.2, 0.25) is 0 Å². The minimum atomic E-state index is 0. The van der Waals surface area contributed by atoms with Crippen molar-refractivity contribution in [3.8, 4) is 5.75 Å². The zero-order chi connectivity index (χ0) is 9.26. The molecule has 1 fully saturated rings. The summed E-state index contributed by atoms with van der Waals surface area (Å²) in [4.78, 5) is 4.26. The molecular weight excluding hydrogens is 235 g/mol. The summed E-state index contributed by atoms with van der Waals surface area (Å²) < 4.78 is 5.20. The molecule has 0 amide bonds. The third kappa shape index (κ3) is 3.23. The van der Waals surface area contributed by atoms with Crippen LogP contribution in [0.3, 0.4) is 0 Å². The first-order valence-electron chi connectivity index (χ1n) is 4.57. The zero-order valence-corrected chi connectivity index (χ0v) is 10.2. The number of methoxy groups -OCH3 is 1. The van der Waals surface area contributed by atoms with E-state index < -0.39 is 0 Å². The monoisotopic (exact) mass is 250 g/mol. The van der Waals surface area contributed by atoms with Gasteiger partial charge in [-0.1, -0.05) is 0 Å². The Morgan fingerprint density at radius 2 is 2.13 bits per heavy atom. The average Bonchev–Trinajstić information content (AvgIpc) is 3.00. The Balaban J connectivity index is 0.000000980. The summed E-state index contributed by atoms with van der Waals surface area (Å²) in [6, 6.07) is 3.82. The van der Waals surface area contributed by atoms with E-state index >= 15 is 0 Å². The Morgan fingerprint density at radius 3 is 2.67 bits per heavy atom. The summed E-state index contributed by atoms with van der Waals surface area (Å²) in [5.41, 5.74) is 6.93. The number of hydrogen-bond acceptors (Lipinski definition) is 3. The molecule has 1 aromatic heterocycles. The van der Waals surface area contributed by atoms with Crippen LogP contribution in [0.25, 0.3) is 0 Å². The van der Waals surface area contributed by atoms with E-state index in [1.54, 1.807) is 13.3 Å². The molecule has 1 aromatic rings. The van der Waals surface area contributed by atoms with E-state index in [1.807, 2.05) is 12.1 Å². The normalized spacial score (nSPS) is 15.9. The van der Waals surface area contributed by atoms with Gasteiger partial charge in [0.15, 0.2) is 0 Å². The predicted molar refractivity (Wildman–Crippen MR) is 64.9 cm³/mol. The fourth-order valence-electron chi connectivity index (χ4n) is 1.50. The minimum Gasteiger partial charge on any atom is -0.495 e. The molecule has 86 valence electrons. The standard InChI is InChI=1S/C10H14N2O.2ClH/c1-13-8-3-2-6-12-10(8)9(11)7-4-5-7;;/h2-3,6-7,9H,4-5,11H2,1H3;2*1H. The summed E-state index contributed by atoms with van der Waals surface area (Å²) in [5, 5.41) is 0. The minimum absolute atomic E-state index is 0. The van der Waals surface area contributed by atoms with Crippen molar-refractivity contribution in [3.63, 3.8) is 0 Å². The van der Waals surface area contributed by atoms with Crippen molar-refractivity contribution in [1.29, 1.82) is 0 Å². The number of pyridine rings is 1. The van der Waals surface area contributed by atoms with Gasteiger partial charge in [0, 0.05) is 6.20 Å². The highest BCUT2D eigenvalue weighted by atomic mass is 35.5. The van der Waals surface area contributed by atoms with Crippen molar-refractivity contribution in [3.05, 3.63) is 24.0 Å². The molecule has 0 bridgehead atoms. The van der Waals surface area contributed by atoms with Gasteiger partial charge in [-0.05, 0) is 30.9 Å². The highest BCUT2D eigenvalue weighted by Crippen LogP contribution is 2.40. The molecule has 2 N–H and O–H groups in total. The number of halogens is 2. The van der Waals surface area contributed by atoms with Gasteiger partial charge in [-0.15, -0.1) is 24.8 Å². The second-order valence-corrected chi connectivity index (χ2v) is 3.45. The molecular formula is C10H16Cl2N2O. The van der Waals surface area contributed by atoms with Crippen LogP contribution in [0, 0.1) is 5.92 Å². The Labute approximate surface area is 102 Å². The Bertz CT molecular complexity index is 305. The third-order valence-electron chi connectivity index (χ3n) is 2.47. The van der Waals surface area contributed by atoms with Crippen molar-refractivity contribution >= 4 is 24.8 Å². The van der Waals surface area contributed by atoms with Crippen LogP contribution in [0.1, 0.15) is 24.6 Å². The fraction of sp³-hybridized carbons (Fsp3) is 0.500. The topological polar surface area (TPSA) is 48.1 Å². The van der Waals surface area contributed by atoms with Gasteiger partial charge in [-0.2, -0.15) is 0 Å². The van der Waals surface area contributed by atoms with Crippen LogP contribution in [0.5, 0.6) is 5.75 Å². The van der Waals surface area contributed by atoms with Crippen molar-refractivity contribution in [2.45, 2.75) is 18.9 Å². The number of nitrogens with two attached hydrogens (primary N) is 1. The summed E-state index contributed by atoms with van der Waals surface area (Å²) in [6.45, 7) is 0. The number of ether oxygens (including phenoxy) is 1. The van der Waals surface area contributed by atoms with Gasteiger partial charge in [-0.25, -0.2) is 0 Å². The molecule has 15 heavy (non-hydrogen) atoms. The molecule has 1 unspecified atom stereocenters. The van der Waals surface area contributed by atoms with Gasteiger partial charge in [0.25, 0.3) is 0 Å². The summed E-state index contributed by atoms with van der Waals surface area (Å²) in [7, 11) is 1.65. The molecule has 0 radical (unpaired) electrons. The van der Waals surface area contributed by atoms with Crippen LogP contribution in [-0.4, -0.2) is 12.1 Å². The molecule has 0 aromatic carbocycles. The molecule has 5 heteroatoms. The molecule has 0 spiro atoms. The van der Waals surface area contributed by atoms with Crippen LogP contribution in [0.15, 0.2) is 18.3 Å². The van der Waals surface area contributed by atoms with E-state index in [0.29, 0.717) is 5.92 Å². The molecule has 1 saturated carbocycles. The first-order chi connectivity index (χ1) is 6.33. The molecule has 1 aliphatic carbocycles. The average molecular weight is 251 g/mol. The van der Waals surface area contributed by atoms with Gasteiger partial charge in [0.05, 0.1) is 18.8 Å². The lowest BCUT2D eigenvalue weighted by Crippen LogP contribution is -2.15. The summed E-state index contributed by atoms with van der Waals surface area (Å²) in [6.07, 6.45) is 4.21. The first kappa shape index (κ1) is 14.5. The van der Waals surface area contributed by atoms with Gasteiger partial charge >= 0.3 is 0 Å². The Kier molecular flexibility index (Phi) is 5.95. The first-order valence-corrected chi connectivity index (χ1v) is 4.57. The lowest BCUT2D eigenvalue weighted by Gasteiger charge is -2.12. The fourth-order valence-corrected chi connectivity index (χ4v) is 1.50. The maximum atomic E-state index is 6.03. The second kappa shape index (κ2) is 6.16. The van der Waals surface area contributed by atoms with E-state index in [0.717, 1.165) is 11.4 Å². The lowest BCUT2D eigenvalue weighted by atomic mass is 10.1. The smallest absolute Gasteiger partial charge is 0.141 e. The van der Waals surface area contributed by atoms with E-state index in [2.05, 4.69) is 4.98 Å². The SMILES string of the molecule is COc1cccnc1C(N)C1CC1.Cl.Cl. The van der Waals surface area contributed by atoms with Gasteiger partial charge < -0.3 is 10.5 Å². The third-order valence-corrected chi connectivity index (χ3v) is 2.47. The largest absolute Gasteiger partial charge is 0.495 e. The zero-order valence-electron chi connectivity index (χ0n) is 8.55. The second-order valence-electron chi connectivity index (χ2n) is 3.45.